The van der Waals surface area contributed by atoms with Crippen LogP contribution >= 0.6 is 0 Å². The highest BCUT2D eigenvalue weighted by Crippen LogP contribution is 2.31. The van der Waals surface area contributed by atoms with Crippen LogP contribution in [0.15, 0.2) is 42.7 Å². The first-order valence-corrected chi connectivity index (χ1v) is 10.5. The Morgan fingerprint density at radius 3 is 2.71 bits per heavy atom. The van der Waals surface area contributed by atoms with E-state index in [1.54, 1.807) is 6.07 Å². The van der Waals surface area contributed by atoms with Crippen molar-refractivity contribution in [1.82, 2.24) is 24.5 Å². The summed E-state index contributed by atoms with van der Waals surface area (Å²) in [4.78, 5) is 4.48. The molecule has 0 aliphatic carbocycles. The second-order valence-corrected chi connectivity index (χ2v) is 7.76. The minimum absolute atomic E-state index is 0.314. The second-order valence-electron chi connectivity index (χ2n) is 7.76. The van der Waals surface area contributed by atoms with E-state index in [9.17, 15) is 4.39 Å². The molecule has 31 heavy (non-hydrogen) atoms. The van der Waals surface area contributed by atoms with E-state index < -0.39 is 0 Å². The minimum Gasteiger partial charge on any atom is -0.492 e. The van der Waals surface area contributed by atoms with Gasteiger partial charge in [0.05, 0.1) is 12.3 Å². The molecule has 0 aliphatic heterocycles. The smallest absolute Gasteiger partial charge is 0.136 e. The van der Waals surface area contributed by atoms with Gasteiger partial charge in [0.1, 0.15) is 17.2 Å². The highest BCUT2D eigenvalue weighted by Gasteiger charge is 2.13. The summed E-state index contributed by atoms with van der Waals surface area (Å²) in [5.41, 5.74) is 7.13. The SMILES string of the molecule is CNCCc1cnc2ccc(-c3ccc(F)cc3OCCc3c(C)nn(C)c3C)cn12. The highest BCUT2D eigenvalue weighted by molar-refractivity contribution is 5.71. The number of fused-ring (bicyclic) bond motifs is 1. The lowest BCUT2D eigenvalue weighted by molar-refractivity contribution is 0.321. The van der Waals surface area contributed by atoms with Crippen LogP contribution in [0.5, 0.6) is 5.75 Å². The maximum atomic E-state index is 14.0. The van der Waals surface area contributed by atoms with Gasteiger partial charge in [-0.2, -0.15) is 5.10 Å². The molecule has 4 rings (SSSR count). The maximum absolute atomic E-state index is 14.0. The number of hydrogen-bond donors (Lipinski definition) is 1. The van der Waals surface area contributed by atoms with Crippen molar-refractivity contribution in [3.63, 3.8) is 0 Å². The number of nitrogens with zero attached hydrogens (tertiary/aromatic N) is 4. The van der Waals surface area contributed by atoms with Crippen LogP contribution in [0, 0.1) is 19.7 Å². The first-order valence-electron chi connectivity index (χ1n) is 10.5. The topological polar surface area (TPSA) is 56.4 Å². The zero-order valence-electron chi connectivity index (χ0n) is 18.4. The van der Waals surface area contributed by atoms with E-state index in [2.05, 4.69) is 26.7 Å². The predicted molar refractivity (Wildman–Crippen MR) is 120 cm³/mol. The van der Waals surface area contributed by atoms with Crippen molar-refractivity contribution in [3.8, 4) is 16.9 Å². The molecule has 1 aromatic carbocycles. The van der Waals surface area contributed by atoms with Crippen LogP contribution in [0.25, 0.3) is 16.8 Å². The van der Waals surface area contributed by atoms with Gasteiger partial charge in [-0.25, -0.2) is 9.37 Å². The summed E-state index contributed by atoms with van der Waals surface area (Å²) in [6.07, 6.45) is 5.54. The zero-order valence-corrected chi connectivity index (χ0v) is 18.4. The molecule has 6 nitrogen and oxygen atoms in total. The lowest BCUT2D eigenvalue weighted by Gasteiger charge is -2.13. The first kappa shape index (κ1) is 21.1. The summed E-state index contributed by atoms with van der Waals surface area (Å²) >= 11 is 0. The summed E-state index contributed by atoms with van der Waals surface area (Å²) in [5.74, 6) is 0.223. The van der Waals surface area contributed by atoms with E-state index in [1.807, 2.05) is 50.2 Å². The van der Waals surface area contributed by atoms with E-state index in [0.29, 0.717) is 12.4 Å². The molecule has 162 valence electrons. The lowest BCUT2D eigenvalue weighted by Crippen LogP contribution is -2.11. The van der Waals surface area contributed by atoms with Crippen LogP contribution in [0.3, 0.4) is 0 Å². The van der Waals surface area contributed by atoms with Crippen molar-refractivity contribution in [2.24, 2.45) is 7.05 Å². The van der Waals surface area contributed by atoms with Crippen molar-refractivity contribution in [2.75, 3.05) is 20.2 Å². The molecule has 0 saturated heterocycles. The molecular weight excluding hydrogens is 393 g/mol. The quantitative estimate of drug-likeness (QED) is 0.469. The molecule has 0 fully saturated rings. The van der Waals surface area contributed by atoms with E-state index in [1.165, 1.54) is 17.7 Å². The highest BCUT2D eigenvalue weighted by atomic mass is 19.1. The van der Waals surface area contributed by atoms with E-state index in [0.717, 1.165) is 53.2 Å². The van der Waals surface area contributed by atoms with Crippen LogP contribution in [0.4, 0.5) is 4.39 Å². The monoisotopic (exact) mass is 421 g/mol. The van der Waals surface area contributed by atoms with E-state index in [-0.39, 0.29) is 5.82 Å². The van der Waals surface area contributed by atoms with Gasteiger partial charge in [0.15, 0.2) is 0 Å². The summed E-state index contributed by atoms with van der Waals surface area (Å²) in [6.45, 7) is 5.37. The lowest BCUT2D eigenvalue weighted by atomic mass is 10.1. The molecule has 0 amide bonds. The second kappa shape index (κ2) is 8.89. The van der Waals surface area contributed by atoms with Gasteiger partial charge in [0.25, 0.3) is 0 Å². The number of ether oxygens (including phenoxy) is 1. The molecule has 1 N–H and O–H groups in total. The van der Waals surface area contributed by atoms with Crippen molar-refractivity contribution in [3.05, 3.63) is 71.2 Å². The molecule has 4 aromatic rings. The number of halogens is 1. The fraction of sp³-hybridized carbons (Fsp3) is 0.333. The molecule has 3 aromatic heterocycles. The molecular formula is C24H28FN5O. The van der Waals surface area contributed by atoms with Crippen molar-refractivity contribution < 1.29 is 9.13 Å². The molecule has 3 heterocycles. The van der Waals surface area contributed by atoms with E-state index in [4.69, 9.17) is 4.74 Å². The fourth-order valence-corrected chi connectivity index (χ4v) is 3.92. The number of nitrogens with one attached hydrogen (secondary N) is 1. The largest absolute Gasteiger partial charge is 0.492 e. The maximum Gasteiger partial charge on any atom is 0.136 e. The number of benzene rings is 1. The van der Waals surface area contributed by atoms with Crippen molar-refractivity contribution in [2.45, 2.75) is 26.7 Å². The number of aromatic nitrogens is 4. The van der Waals surface area contributed by atoms with Gasteiger partial charge in [-0.1, -0.05) is 0 Å². The zero-order chi connectivity index (χ0) is 22.0. The van der Waals surface area contributed by atoms with Gasteiger partial charge in [0, 0.05) is 67.4 Å². The molecule has 0 aliphatic rings. The molecule has 0 atom stereocenters. The van der Waals surface area contributed by atoms with Crippen LogP contribution < -0.4 is 10.1 Å². The van der Waals surface area contributed by atoms with Gasteiger partial charge in [-0.3, -0.25) is 4.68 Å². The van der Waals surface area contributed by atoms with Crippen molar-refractivity contribution in [1.29, 1.82) is 0 Å². The molecule has 0 bridgehead atoms. The Morgan fingerprint density at radius 1 is 1.13 bits per heavy atom. The summed E-state index contributed by atoms with van der Waals surface area (Å²) in [5, 5.41) is 7.63. The molecule has 0 saturated carbocycles. The average Bonchev–Trinajstić information content (AvgIpc) is 3.27. The summed E-state index contributed by atoms with van der Waals surface area (Å²) in [7, 11) is 3.87. The number of aryl methyl sites for hydroxylation is 2. The minimum atomic E-state index is -0.314. The Balaban J connectivity index is 1.60. The van der Waals surface area contributed by atoms with Crippen LogP contribution in [0.2, 0.25) is 0 Å². The Hall–Kier alpha value is -3.19. The van der Waals surface area contributed by atoms with Gasteiger partial charge in [-0.05, 0) is 50.7 Å². The van der Waals surface area contributed by atoms with Gasteiger partial charge >= 0.3 is 0 Å². The van der Waals surface area contributed by atoms with Crippen LogP contribution in [-0.4, -0.2) is 39.4 Å². The number of imidazole rings is 1. The van der Waals surface area contributed by atoms with Gasteiger partial charge < -0.3 is 14.5 Å². The molecule has 7 heteroatoms. The van der Waals surface area contributed by atoms with E-state index >= 15 is 0 Å². The third-order valence-corrected chi connectivity index (χ3v) is 5.74. The Kier molecular flexibility index (Phi) is 6.04. The number of rotatable bonds is 8. The van der Waals surface area contributed by atoms with Crippen molar-refractivity contribution >= 4 is 5.65 Å². The fourth-order valence-electron chi connectivity index (χ4n) is 3.92. The van der Waals surface area contributed by atoms with Gasteiger partial charge in [-0.15, -0.1) is 0 Å². The molecule has 0 spiro atoms. The number of pyridine rings is 1. The molecule has 0 unspecified atom stereocenters. The Morgan fingerprint density at radius 2 is 1.97 bits per heavy atom. The number of hydrogen-bond acceptors (Lipinski definition) is 4. The first-order chi connectivity index (χ1) is 15.0. The normalized spacial score (nSPS) is 11.4. The van der Waals surface area contributed by atoms with Crippen LogP contribution in [-0.2, 0) is 19.9 Å². The number of likely N-dealkylation sites (N-methyl/N-ethyl adjacent to an activating group) is 1. The Labute approximate surface area is 181 Å². The predicted octanol–water partition coefficient (Wildman–Crippen LogP) is 3.87. The molecule has 0 radical (unpaired) electrons. The summed E-state index contributed by atoms with van der Waals surface area (Å²) < 4.78 is 24.1. The third kappa shape index (κ3) is 4.32. The Bertz CT molecular complexity index is 1210. The average molecular weight is 422 g/mol. The van der Waals surface area contributed by atoms with Gasteiger partial charge in [0.2, 0.25) is 0 Å². The standard InChI is InChI=1S/C24H28FN5O/c1-16-21(17(2)29(4)28-16)10-12-31-23-13-19(25)6-7-22(23)18-5-8-24-27-14-20(9-11-26-3)30(24)15-18/h5-8,13-15,26H,9-12H2,1-4H3. The third-order valence-electron chi connectivity index (χ3n) is 5.74. The van der Waals surface area contributed by atoms with Crippen LogP contribution in [0.1, 0.15) is 22.6 Å². The summed E-state index contributed by atoms with van der Waals surface area (Å²) in [6, 6.07) is 8.68.